The number of hydrogen-bond acceptors (Lipinski definition) is 3. The van der Waals surface area contributed by atoms with Crippen molar-refractivity contribution in [2.75, 3.05) is 0 Å². The molecule has 1 aromatic heterocycles. The Balaban J connectivity index is 1.48. The molecule has 4 aromatic rings. The summed E-state index contributed by atoms with van der Waals surface area (Å²) in [6.45, 7) is 1.82. The number of rotatable bonds is 4. The van der Waals surface area contributed by atoms with E-state index in [-0.39, 0.29) is 11.7 Å². The van der Waals surface area contributed by atoms with Crippen molar-refractivity contribution in [1.82, 2.24) is 10.9 Å². The first kappa shape index (κ1) is 18.5. The topological polar surface area (TPSA) is 71.3 Å². The van der Waals surface area contributed by atoms with Gasteiger partial charge >= 0.3 is 5.91 Å². The Labute approximate surface area is 168 Å². The second-order valence-electron chi connectivity index (χ2n) is 6.78. The van der Waals surface area contributed by atoms with Crippen molar-refractivity contribution in [3.8, 4) is 0 Å². The van der Waals surface area contributed by atoms with Crippen LogP contribution in [-0.4, -0.2) is 11.8 Å². The van der Waals surface area contributed by atoms with Crippen LogP contribution in [0.5, 0.6) is 0 Å². The summed E-state index contributed by atoms with van der Waals surface area (Å²) >= 11 is 0. The van der Waals surface area contributed by atoms with Gasteiger partial charge in [0.2, 0.25) is 0 Å². The fourth-order valence-corrected chi connectivity index (χ4v) is 3.34. The molecular formula is C24H20N2O3. The van der Waals surface area contributed by atoms with Crippen molar-refractivity contribution in [2.24, 2.45) is 0 Å². The van der Waals surface area contributed by atoms with Gasteiger partial charge in [-0.05, 0) is 36.6 Å². The van der Waals surface area contributed by atoms with Gasteiger partial charge in [-0.3, -0.25) is 20.4 Å². The summed E-state index contributed by atoms with van der Waals surface area (Å²) in [7, 11) is 0. The van der Waals surface area contributed by atoms with E-state index in [9.17, 15) is 9.59 Å². The predicted octanol–water partition coefficient (Wildman–Crippen LogP) is 4.41. The largest absolute Gasteiger partial charge is 0.451 e. The normalized spacial score (nSPS) is 10.7. The highest BCUT2D eigenvalue weighted by atomic mass is 16.3. The van der Waals surface area contributed by atoms with E-state index >= 15 is 0 Å². The van der Waals surface area contributed by atoms with E-state index in [2.05, 4.69) is 10.9 Å². The van der Waals surface area contributed by atoms with Crippen molar-refractivity contribution in [1.29, 1.82) is 0 Å². The molecule has 29 heavy (non-hydrogen) atoms. The van der Waals surface area contributed by atoms with Crippen LogP contribution in [-0.2, 0) is 6.42 Å². The SMILES string of the molecule is Cc1c(C(=O)NNC(=O)c2ccccc2Cc2ccccc2)oc2ccccc12. The van der Waals surface area contributed by atoms with Gasteiger partial charge in [0.15, 0.2) is 5.76 Å². The highest BCUT2D eigenvalue weighted by molar-refractivity contribution is 6.01. The number of carbonyl (C=O) groups is 2. The van der Waals surface area contributed by atoms with Crippen LogP contribution in [0, 0.1) is 6.92 Å². The minimum Gasteiger partial charge on any atom is -0.451 e. The quantitative estimate of drug-likeness (QED) is 0.512. The van der Waals surface area contributed by atoms with Crippen molar-refractivity contribution in [3.05, 3.63) is 107 Å². The number of aryl methyl sites for hydroxylation is 1. The number of nitrogens with one attached hydrogen (secondary N) is 2. The van der Waals surface area contributed by atoms with Gasteiger partial charge in [-0.25, -0.2) is 0 Å². The molecule has 0 radical (unpaired) electrons. The average Bonchev–Trinajstić information content (AvgIpc) is 3.10. The zero-order chi connectivity index (χ0) is 20.2. The molecule has 0 saturated heterocycles. The molecule has 3 aromatic carbocycles. The minimum absolute atomic E-state index is 0.184. The zero-order valence-corrected chi connectivity index (χ0v) is 15.9. The van der Waals surface area contributed by atoms with Crippen LogP contribution in [0.2, 0.25) is 0 Å². The van der Waals surface area contributed by atoms with Gasteiger partial charge in [0.05, 0.1) is 0 Å². The number of benzene rings is 3. The lowest BCUT2D eigenvalue weighted by Crippen LogP contribution is -2.42. The van der Waals surface area contributed by atoms with E-state index in [1.54, 1.807) is 18.2 Å². The van der Waals surface area contributed by atoms with Gasteiger partial charge in [-0.2, -0.15) is 0 Å². The third-order valence-electron chi connectivity index (χ3n) is 4.84. The van der Waals surface area contributed by atoms with Gasteiger partial charge < -0.3 is 4.42 Å². The third kappa shape index (κ3) is 3.89. The number of furan rings is 1. The van der Waals surface area contributed by atoms with E-state index in [1.165, 1.54) is 0 Å². The predicted molar refractivity (Wildman–Crippen MR) is 112 cm³/mol. The maximum Gasteiger partial charge on any atom is 0.305 e. The minimum atomic E-state index is -0.493. The second-order valence-corrected chi connectivity index (χ2v) is 6.78. The highest BCUT2D eigenvalue weighted by Gasteiger charge is 2.19. The van der Waals surface area contributed by atoms with E-state index in [0.717, 1.165) is 22.1 Å². The highest BCUT2D eigenvalue weighted by Crippen LogP contribution is 2.24. The van der Waals surface area contributed by atoms with Crippen LogP contribution in [0.25, 0.3) is 11.0 Å². The smallest absolute Gasteiger partial charge is 0.305 e. The standard InChI is InChI=1S/C24H20N2O3/c1-16-19-12-7-8-14-21(19)29-22(16)24(28)26-25-23(27)20-13-6-5-11-18(20)15-17-9-3-2-4-10-17/h2-14H,15H2,1H3,(H,25,27)(H,26,28). The molecule has 2 amide bonds. The molecule has 0 unspecified atom stereocenters. The van der Waals surface area contributed by atoms with E-state index in [1.807, 2.05) is 67.6 Å². The van der Waals surface area contributed by atoms with Crippen LogP contribution >= 0.6 is 0 Å². The van der Waals surface area contributed by atoms with Crippen LogP contribution in [0.3, 0.4) is 0 Å². The Hall–Kier alpha value is -3.86. The Morgan fingerprint density at radius 1 is 0.793 bits per heavy atom. The molecule has 1 heterocycles. The third-order valence-corrected chi connectivity index (χ3v) is 4.84. The molecule has 5 heteroatoms. The van der Waals surface area contributed by atoms with Crippen LogP contribution in [0.1, 0.15) is 37.6 Å². The number of para-hydroxylation sites is 1. The molecular weight excluding hydrogens is 364 g/mol. The van der Waals surface area contributed by atoms with E-state index in [4.69, 9.17) is 4.42 Å². The number of carbonyl (C=O) groups excluding carboxylic acids is 2. The molecule has 5 nitrogen and oxygen atoms in total. The molecule has 0 fully saturated rings. The molecule has 0 bridgehead atoms. The van der Waals surface area contributed by atoms with Crippen molar-refractivity contribution in [3.63, 3.8) is 0 Å². The molecule has 0 spiro atoms. The Morgan fingerprint density at radius 3 is 2.24 bits per heavy atom. The summed E-state index contributed by atoms with van der Waals surface area (Å²) in [5, 5.41) is 0.872. The molecule has 0 saturated carbocycles. The Morgan fingerprint density at radius 2 is 1.45 bits per heavy atom. The summed E-state index contributed by atoms with van der Waals surface area (Å²) in [4.78, 5) is 25.2. The number of amides is 2. The summed E-state index contributed by atoms with van der Waals surface area (Å²) in [6, 6.07) is 24.7. The molecule has 0 aliphatic carbocycles. The van der Waals surface area contributed by atoms with Crippen LogP contribution in [0.15, 0.2) is 83.3 Å². The van der Waals surface area contributed by atoms with Gasteiger partial charge in [0.25, 0.3) is 5.91 Å². The average molecular weight is 384 g/mol. The molecule has 144 valence electrons. The van der Waals surface area contributed by atoms with Gasteiger partial charge in [-0.15, -0.1) is 0 Å². The summed E-state index contributed by atoms with van der Waals surface area (Å²) in [5.74, 6) is -0.685. The molecule has 0 aliphatic rings. The lowest BCUT2D eigenvalue weighted by atomic mass is 9.99. The van der Waals surface area contributed by atoms with Crippen molar-refractivity contribution < 1.29 is 14.0 Å². The molecule has 0 aliphatic heterocycles. The first-order valence-electron chi connectivity index (χ1n) is 9.34. The first-order valence-corrected chi connectivity index (χ1v) is 9.34. The monoisotopic (exact) mass is 384 g/mol. The van der Waals surface area contributed by atoms with E-state index < -0.39 is 5.91 Å². The Bertz CT molecular complexity index is 1180. The zero-order valence-electron chi connectivity index (χ0n) is 15.9. The molecule has 4 rings (SSSR count). The molecule has 2 N–H and O–H groups in total. The lowest BCUT2D eigenvalue weighted by molar-refractivity contribution is 0.0831. The second kappa shape index (κ2) is 8.02. The van der Waals surface area contributed by atoms with Crippen molar-refractivity contribution in [2.45, 2.75) is 13.3 Å². The Kier molecular flexibility index (Phi) is 5.12. The lowest BCUT2D eigenvalue weighted by Gasteiger charge is -2.11. The van der Waals surface area contributed by atoms with E-state index in [0.29, 0.717) is 17.6 Å². The fourth-order valence-electron chi connectivity index (χ4n) is 3.34. The number of hydrazine groups is 1. The van der Waals surface area contributed by atoms with Crippen molar-refractivity contribution >= 4 is 22.8 Å². The maximum atomic E-state index is 12.7. The van der Waals surface area contributed by atoms with Gasteiger partial charge in [0, 0.05) is 16.5 Å². The maximum absolute atomic E-state index is 12.7. The summed E-state index contributed by atoms with van der Waals surface area (Å²) in [5.41, 5.74) is 8.82. The van der Waals surface area contributed by atoms with Gasteiger partial charge in [-0.1, -0.05) is 66.7 Å². The number of fused-ring (bicyclic) bond motifs is 1. The first-order chi connectivity index (χ1) is 14.1. The summed E-state index contributed by atoms with van der Waals surface area (Å²) < 4.78 is 5.64. The summed E-state index contributed by atoms with van der Waals surface area (Å²) in [6.07, 6.45) is 0.626. The van der Waals surface area contributed by atoms with Crippen LogP contribution in [0.4, 0.5) is 0 Å². The number of hydrogen-bond donors (Lipinski definition) is 2. The van der Waals surface area contributed by atoms with Gasteiger partial charge in [0.1, 0.15) is 5.58 Å². The fraction of sp³-hybridized carbons (Fsp3) is 0.0833. The van der Waals surface area contributed by atoms with Crippen LogP contribution < -0.4 is 10.9 Å². The molecule has 0 atom stereocenters.